The molecular weight excluding hydrogens is 260 g/mol. The SMILES string of the molecule is CS(=O)(=O)CCC(NN)C12CC3CC(CC(C3)C1)C2. The average Bonchev–Trinajstić information content (AvgIpc) is 2.25. The molecular formula is C14H26N2O2S. The Morgan fingerprint density at radius 3 is 2.00 bits per heavy atom. The summed E-state index contributed by atoms with van der Waals surface area (Å²) in [5.41, 5.74) is 3.25. The predicted octanol–water partition coefficient (Wildman–Crippen LogP) is 1.47. The third-order valence-corrected chi connectivity index (χ3v) is 6.78. The molecule has 4 nitrogen and oxygen atoms in total. The Labute approximate surface area is 116 Å². The summed E-state index contributed by atoms with van der Waals surface area (Å²) < 4.78 is 22.8. The molecule has 4 saturated carbocycles. The molecule has 0 radical (unpaired) electrons. The van der Waals surface area contributed by atoms with Crippen LogP contribution in [0.5, 0.6) is 0 Å². The summed E-state index contributed by atoms with van der Waals surface area (Å²) in [6.07, 6.45) is 9.99. The zero-order chi connectivity index (χ0) is 13.7. The third-order valence-electron chi connectivity index (χ3n) is 5.80. The minimum atomic E-state index is -2.90. The maximum absolute atomic E-state index is 11.4. The van der Waals surface area contributed by atoms with Crippen molar-refractivity contribution in [2.75, 3.05) is 12.0 Å². The van der Waals surface area contributed by atoms with Crippen LogP contribution in [0.4, 0.5) is 0 Å². The second-order valence-corrected chi connectivity index (χ2v) is 9.68. The maximum atomic E-state index is 11.4. The first-order valence-electron chi connectivity index (χ1n) is 7.54. The Hall–Kier alpha value is -0.130. The van der Waals surface area contributed by atoms with Crippen LogP contribution < -0.4 is 11.3 Å². The molecule has 19 heavy (non-hydrogen) atoms. The molecule has 0 aliphatic heterocycles. The van der Waals surface area contributed by atoms with Crippen LogP contribution in [0.2, 0.25) is 0 Å². The molecule has 110 valence electrons. The largest absolute Gasteiger partial charge is 0.271 e. The average molecular weight is 286 g/mol. The van der Waals surface area contributed by atoms with E-state index in [9.17, 15) is 8.42 Å². The Kier molecular flexibility index (Phi) is 3.43. The Morgan fingerprint density at radius 1 is 1.16 bits per heavy atom. The van der Waals surface area contributed by atoms with E-state index in [0.29, 0.717) is 6.42 Å². The fourth-order valence-corrected chi connectivity index (χ4v) is 6.17. The van der Waals surface area contributed by atoms with E-state index >= 15 is 0 Å². The van der Waals surface area contributed by atoms with Crippen LogP contribution in [-0.4, -0.2) is 26.5 Å². The third kappa shape index (κ3) is 2.69. The van der Waals surface area contributed by atoms with E-state index in [1.54, 1.807) is 0 Å². The summed E-state index contributed by atoms with van der Waals surface area (Å²) in [4.78, 5) is 0. The molecule has 0 aromatic carbocycles. The van der Waals surface area contributed by atoms with Crippen molar-refractivity contribution in [1.29, 1.82) is 0 Å². The Bertz CT molecular complexity index is 411. The van der Waals surface area contributed by atoms with Gasteiger partial charge in [-0.25, -0.2) is 8.42 Å². The van der Waals surface area contributed by atoms with Crippen molar-refractivity contribution in [2.24, 2.45) is 29.0 Å². The van der Waals surface area contributed by atoms with E-state index in [1.807, 2.05) is 0 Å². The van der Waals surface area contributed by atoms with Crippen LogP contribution in [0.25, 0.3) is 0 Å². The van der Waals surface area contributed by atoms with Gasteiger partial charge in [0.25, 0.3) is 0 Å². The molecule has 0 amide bonds. The number of hydrogen-bond acceptors (Lipinski definition) is 4. The minimum absolute atomic E-state index is 0.177. The highest BCUT2D eigenvalue weighted by Gasteiger charge is 2.53. The van der Waals surface area contributed by atoms with Gasteiger partial charge in [0.05, 0.1) is 5.75 Å². The topological polar surface area (TPSA) is 72.2 Å². The van der Waals surface area contributed by atoms with Crippen LogP contribution in [0.15, 0.2) is 0 Å². The smallest absolute Gasteiger partial charge is 0.147 e. The second kappa shape index (κ2) is 4.71. The van der Waals surface area contributed by atoms with Gasteiger partial charge < -0.3 is 0 Å². The van der Waals surface area contributed by atoms with E-state index in [1.165, 1.54) is 44.8 Å². The highest BCUT2D eigenvalue weighted by Crippen LogP contribution is 2.61. The Balaban J connectivity index is 1.75. The zero-order valence-corrected chi connectivity index (χ0v) is 12.6. The van der Waals surface area contributed by atoms with Crippen molar-refractivity contribution in [3.8, 4) is 0 Å². The summed E-state index contributed by atoms with van der Waals surface area (Å²) in [6, 6.07) is 0.177. The van der Waals surface area contributed by atoms with Crippen LogP contribution in [0.3, 0.4) is 0 Å². The number of hydrazine groups is 1. The van der Waals surface area contributed by atoms with Crippen molar-refractivity contribution < 1.29 is 8.42 Å². The molecule has 4 bridgehead atoms. The van der Waals surface area contributed by atoms with Crippen molar-refractivity contribution in [2.45, 2.75) is 51.0 Å². The van der Waals surface area contributed by atoms with Gasteiger partial charge in [-0.15, -0.1) is 0 Å². The van der Waals surface area contributed by atoms with Crippen LogP contribution in [0.1, 0.15) is 44.9 Å². The van der Waals surface area contributed by atoms with E-state index < -0.39 is 9.84 Å². The molecule has 4 aliphatic carbocycles. The van der Waals surface area contributed by atoms with Gasteiger partial charge in [0.15, 0.2) is 0 Å². The lowest BCUT2D eigenvalue weighted by atomic mass is 9.47. The molecule has 0 heterocycles. The quantitative estimate of drug-likeness (QED) is 0.593. The molecule has 3 N–H and O–H groups in total. The molecule has 1 unspecified atom stereocenters. The van der Waals surface area contributed by atoms with Crippen molar-refractivity contribution in [1.82, 2.24) is 5.43 Å². The molecule has 4 aliphatic rings. The zero-order valence-electron chi connectivity index (χ0n) is 11.8. The fourth-order valence-electron chi connectivity index (χ4n) is 5.50. The van der Waals surface area contributed by atoms with E-state index in [4.69, 9.17) is 5.84 Å². The first kappa shape index (κ1) is 13.8. The predicted molar refractivity (Wildman–Crippen MR) is 76.0 cm³/mol. The summed E-state index contributed by atoms with van der Waals surface area (Å²) in [5, 5.41) is 0. The number of hydrogen-bond donors (Lipinski definition) is 2. The van der Waals surface area contributed by atoms with E-state index in [2.05, 4.69) is 5.43 Å². The molecule has 0 aromatic rings. The summed E-state index contributed by atoms with van der Waals surface area (Å²) >= 11 is 0. The lowest BCUT2D eigenvalue weighted by Crippen LogP contribution is -2.57. The van der Waals surface area contributed by atoms with Gasteiger partial charge in [-0.1, -0.05) is 0 Å². The molecule has 1 atom stereocenters. The van der Waals surface area contributed by atoms with Crippen LogP contribution in [0, 0.1) is 23.2 Å². The summed E-state index contributed by atoms with van der Waals surface area (Å²) in [6.45, 7) is 0. The molecule has 4 rings (SSSR count). The van der Waals surface area contributed by atoms with Crippen molar-refractivity contribution >= 4 is 9.84 Å². The van der Waals surface area contributed by atoms with Gasteiger partial charge in [-0.05, 0) is 68.1 Å². The molecule has 0 saturated heterocycles. The first-order valence-corrected chi connectivity index (χ1v) is 9.60. The standard InChI is InChI=1S/C14H26N2O2S/c1-19(17,18)3-2-13(16-15)14-7-10-4-11(8-14)6-12(5-10)9-14/h10-13,16H,2-9,15H2,1H3. The highest BCUT2D eigenvalue weighted by atomic mass is 32.2. The second-order valence-electron chi connectivity index (χ2n) is 7.42. The molecule has 5 heteroatoms. The molecule has 0 aromatic heterocycles. The van der Waals surface area contributed by atoms with Gasteiger partial charge in [0.2, 0.25) is 0 Å². The van der Waals surface area contributed by atoms with Gasteiger partial charge in [-0.2, -0.15) is 0 Å². The molecule has 0 spiro atoms. The van der Waals surface area contributed by atoms with Crippen LogP contribution >= 0.6 is 0 Å². The van der Waals surface area contributed by atoms with Gasteiger partial charge >= 0.3 is 0 Å². The highest BCUT2D eigenvalue weighted by molar-refractivity contribution is 7.90. The summed E-state index contributed by atoms with van der Waals surface area (Å²) in [7, 11) is -2.90. The normalized spacial score (nSPS) is 42.5. The van der Waals surface area contributed by atoms with Gasteiger partial charge in [-0.3, -0.25) is 11.3 Å². The lowest BCUT2D eigenvalue weighted by Gasteiger charge is -2.59. The van der Waals surface area contributed by atoms with Crippen molar-refractivity contribution in [3.63, 3.8) is 0 Å². The minimum Gasteiger partial charge on any atom is -0.271 e. The van der Waals surface area contributed by atoms with Crippen LogP contribution in [-0.2, 0) is 9.84 Å². The first-order chi connectivity index (χ1) is 8.90. The van der Waals surface area contributed by atoms with E-state index in [-0.39, 0.29) is 17.2 Å². The number of nitrogens with one attached hydrogen (secondary N) is 1. The van der Waals surface area contributed by atoms with E-state index in [0.717, 1.165) is 17.8 Å². The van der Waals surface area contributed by atoms with Gasteiger partial charge in [0.1, 0.15) is 9.84 Å². The number of rotatable bonds is 5. The molecule has 4 fully saturated rings. The monoisotopic (exact) mass is 286 g/mol. The number of sulfone groups is 1. The summed E-state index contributed by atoms with van der Waals surface area (Å²) in [5.74, 6) is 8.66. The fraction of sp³-hybridized carbons (Fsp3) is 1.00. The van der Waals surface area contributed by atoms with Gasteiger partial charge in [0, 0.05) is 12.3 Å². The Morgan fingerprint density at radius 2 is 1.63 bits per heavy atom. The maximum Gasteiger partial charge on any atom is 0.147 e. The number of nitrogens with two attached hydrogens (primary N) is 1. The van der Waals surface area contributed by atoms with Crippen molar-refractivity contribution in [3.05, 3.63) is 0 Å². The lowest BCUT2D eigenvalue weighted by molar-refractivity contribution is -0.0742.